The van der Waals surface area contributed by atoms with Crippen LogP contribution in [0.4, 0.5) is 0 Å². The first kappa shape index (κ1) is 18.7. The Kier molecular flexibility index (Phi) is 5.24. The lowest BCUT2D eigenvalue weighted by atomic mass is 10.0. The molecular formula is C23H22N2O4. The van der Waals surface area contributed by atoms with Gasteiger partial charge in [0.05, 0.1) is 33.0 Å². The van der Waals surface area contributed by atoms with Gasteiger partial charge in [-0.3, -0.25) is 5.10 Å². The summed E-state index contributed by atoms with van der Waals surface area (Å²) in [5.74, 6) is 2.65. The van der Waals surface area contributed by atoms with Gasteiger partial charge in [0, 0.05) is 5.39 Å². The summed E-state index contributed by atoms with van der Waals surface area (Å²) < 4.78 is 22.2. The highest BCUT2D eigenvalue weighted by molar-refractivity contribution is 5.79. The fraction of sp³-hybridized carbons (Fsp3) is 0.174. The van der Waals surface area contributed by atoms with Crippen molar-refractivity contribution in [2.24, 2.45) is 0 Å². The Morgan fingerprint density at radius 3 is 2.17 bits per heavy atom. The average Bonchev–Trinajstić information content (AvgIpc) is 3.25. The molecule has 0 radical (unpaired) electrons. The monoisotopic (exact) mass is 390 g/mol. The lowest BCUT2D eigenvalue weighted by molar-refractivity contribution is 0.306. The zero-order valence-electron chi connectivity index (χ0n) is 16.6. The molecule has 0 aliphatic carbocycles. The molecule has 148 valence electrons. The Balaban J connectivity index is 1.51. The average molecular weight is 390 g/mol. The molecule has 1 heterocycles. The van der Waals surface area contributed by atoms with Gasteiger partial charge < -0.3 is 18.9 Å². The van der Waals surface area contributed by atoms with Crippen LogP contribution >= 0.6 is 0 Å². The summed E-state index contributed by atoms with van der Waals surface area (Å²) in [6, 6.07) is 18.0. The number of ether oxygens (including phenoxy) is 4. The largest absolute Gasteiger partial charge is 0.493 e. The number of aromatic nitrogens is 2. The zero-order chi connectivity index (χ0) is 20.2. The molecule has 0 spiro atoms. The number of nitrogens with zero attached hydrogens (tertiary/aromatic N) is 1. The van der Waals surface area contributed by atoms with Gasteiger partial charge in [-0.25, -0.2) is 0 Å². The van der Waals surface area contributed by atoms with Gasteiger partial charge >= 0.3 is 0 Å². The normalized spacial score (nSPS) is 10.7. The predicted molar refractivity (Wildman–Crippen MR) is 112 cm³/mol. The molecule has 0 saturated heterocycles. The maximum absolute atomic E-state index is 5.92. The number of methoxy groups -OCH3 is 3. The maximum atomic E-state index is 5.92. The summed E-state index contributed by atoms with van der Waals surface area (Å²) in [7, 11) is 4.82. The summed E-state index contributed by atoms with van der Waals surface area (Å²) in [5.41, 5.74) is 4.10. The number of nitrogens with one attached hydrogen (secondary N) is 1. The van der Waals surface area contributed by atoms with Gasteiger partial charge in [-0.1, -0.05) is 24.3 Å². The number of H-pyrrole nitrogens is 1. The van der Waals surface area contributed by atoms with E-state index in [-0.39, 0.29) is 0 Å². The van der Waals surface area contributed by atoms with Crippen molar-refractivity contribution in [1.29, 1.82) is 0 Å². The quantitative estimate of drug-likeness (QED) is 0.489. The summed E-state index contributed by atoms with van der Waals surface area (Å²) in [6.07, 6.45) is 1.79. The molecule has 6 heteroatoms. The Morgan fingerprint density at radius 2 is 1.52 bits per heavy atom. The van der Waals surface area contributed by atoms with Crippen molar-refractivity contribution >= 4 is 10.9 Å². The van der Waals surface area contributed by atoms with Gasteiger partial charge in [-0.05, 0) is 47.0 Å². The summed E-state index contributed by atoms with van der Waals surface area (Å²) in [4.78, 5) is 0. The fourth-order valence-corrected chi connectivity index (χ4v) is 3.22. The second-order valence-corrected chi connectivity index (χ2v) is 6.52. The molecule has 0 atom stereocenters. The van der Waals surface area contributed by atoms with Crippen LogP contribution in [0.5, 0.6) is 23.0 Å². The van der Waals surface area contributed by atoms with E-state index in [4.69, 9.17) is 18.9 Å². The summed E-state index contributed by atoms with van der Waals surface area (Å²) in [6.45, 7) is 0.485. The Labute approximate surface area is 169 Å². The van der Waals surface area contributed by atoms with Gasteiger partial charge in [0.15, 0.2) is 11.5 Å². The van der Waals surface area contributed by atoms with Crippen LogP contribution in [0.3, 0.4) is 0 Å². The molecule has 1 aromatic heterocycles. The lowest BCUT2D eigenvalue weighted by Gasteiger charge is -2.14. The molecule has 0 fully saturated rings. The minimum Gasteiger partial charge on any atom is -0.493 e. The number of rotatable bonds is 7. The second-order valence-electron chi connectivity index (χ2n) is 6.52. The van der Waals surface area contributed by atoms with Crippen LogP contribution in [0.15, 0.2) is 60.8 Å². The molecule has 0 saturated carbocycles. The van der Waals surface area contributed by atoms with Gasteiger partial charge in [-0.2, -0.15) is 5.10 Å². The SMILES string of the molecule is COc1cc(-c2ccc(COc3ccc4[nH]ncc4c3)cc2)cc(OC)c1OC. The van der Waals surface area contributed by atoms with Crippen molar-refractivity contribution in [2.45, 2.75) is 6.61 Å². The first-order valence-corrected chi connectivity index (χ1v) is 9.17. The molecule has 3 aromatic carbocycles. The molecule has 0 aliphatic heterocycles. The van der Waals surface area contributed by atoms with Crippen molar-refractivity contribution in [1.82, 2.24) is 10.2 Å². The summed E-state index contributed by atoms with van der Waals surface area (Å²) >= 11 is 0. The molecule has 0 unspecified atom stereocenters. The number of fused-ring (bicyclic) bond motifs is 1. The number of hydrogen-bond acceptors (Lipinski definition) is 5. The van der Waals surface area contributed by atoms with Crippen molar-refractivity contribution in [3.8, 4) is 34.1 Å². The van der Waals surface area contributed by atoms with E-state index in [9.17, 15) is 0 Å². The number of benzene rings is 3. The molecule has 4 aromatic rings. The van der Waals surface area contributed by atoms with E-state index in [1.165, 1.54) is 0 Å². The van der Waals surface area contributed by atoms with E-state index in [1.54, 1.807) is 27.5 Å². The first-order valence-electron chi connectivity index (χ1n) is 9.17. The standard InChI is InChI=1S/C23H22N2O4/c1-26-21-11-17(12-22(27-2)23(21)28-3)16-6-4-15(5-7-16)14-29-19-8-9-20-18(10-19)13-24-25-20/h4-13H,14H2,1-3H3,(H,24,25). The van der Waals surface area contributed by atoms with E-state index in [0.29, 0.717) is 23.9 Å². The van der Waals surface area contributed by atoms with Gasteiger partial charge in [0.25, 0.3) is 0 Å². The van der Waals surface area contributed by atoms with E-state index < -0.39 is 0 Å². The predicted octanol–water partition coefficient (Wildman–Crippen LogP) is 4.83. The third kappa shape index (κ3) is 3.82. The van der Waals surface area contributed by atoms with Crippen LogP contribution in [0.1, 0.15) is 5.56 Å². The first-order chi connectivity index (χ1) is 14.2. The highest BCUT2D eigenvalue weighted by atomic mass is 16.5. The minimum absolute atomic E-state index is 0.485. The van der Waals surface area contributed by atoms with Crippen molar-refractivity contribution in [3.05, 3.63) is 66.4 Å². The molecule has 29 heavy (non-hydrogen) atoms. The maximum Gasteiger partial charge on any atom is 0.203 e. The van der Waals surface area contributed by atoms with Crippen LogP contribution in [0.25, 0.3) is 22.0 Å². The highest BCUT2D eigenvalue weighted by Gasteiger charge is 2.14. The molecule has 4 rings (SSSR count). The van der Waals surface area contributed by atoms with E-state index in [2.05, 4.69) is 34.5 Å². The Morgan fingerprint density at radius 1 is 0.793 bits per heavy atom. The Bertz CT molecular complexity index is 1090. The smallest absolute Gasteiger partial charge is 0.203 e. The van der Waals surface area contributed by atoms with Crippen molar-refractivity contribution < 1.29 is 18.9 Å². The molecular weight excluding hydrogens is 368 g/mol. The highest BCUT2D eigenvalue weighted by Crippen LogP contribution is 2.41. The van der Waals surface area contributed by atoms with Crippen LogP contribution in [-0.4, -0.2) is 31.5 Å². The van der Waals surface area contributed by atoms with Crippen LogP contribution in [-0.2, 0) is 6.61 Å². The topological polar surface area (TPSA) is 65.6 Å². The molecule has 0 bridgehead atoms. The van der Waals surface area contributed by atoms with Crippen LogP contribution in [0, 0.1) is 0 Å². The van der Waals surface area contributed by atoms with Crippen molar-refractivity contribution in [3.63, 3.8) is 0 Å². The molecule has 0 amide bonds. The Hall–Kier alpha value is -3.67. The molecule has 6 nitrogen and oxygen atoms in total. The zero-order valence-corrected chi connectivity index (χ0v) is 16.6. The van der Waals surface area contributed by atoms with E-state index in [1.807, 2.05) is 30.3 Å². The third-order valence-corrected chi connectivity index (χ3v) is 4.77. The van der Waals surface area contributed by atoms with Gasteiger partial charge in [0.1, 0.15) is 12.4 Å². The lowest BCUT2D eigenvalue weighted by Crippen LogP contribution is -1.96. The summed E-state index contributed by atoms with van der Waals surface area (Å²) in [5, 5.41) is 7.99. The fourth-order valence-electron chi connectivity index (χ4n) is 3.22. The van der Waals surface area contributed by atoms with E-state index >= 15 is 0 Å². The number of aromatic amines is 1. The second kappa shape index (κ2) is 8.14. The van der Waals surface area contributed by atoms with Gasteiger partial charge in [0.2, 0.25) is 5.75 Å². The number of hydrogen-bond donors (Lipinski definition) is 1. The third-order valence-electron chi connectivity index (χ3n) is 4.77. The minimum atomic E-state index is 0.485. The van der Waals surface area contributed by atoms with Crippen molar-refractivity contribution in [2.75, 3.05) is 21.3 Å². The van der Waals surface area contributed by atoms with Crippen LogP contribution in [0.2, 0.25) is 0 Å². The van der Waals surface area contributed by atoms with E-state index in [0.717, 1.165) is 33.3 Å². The van der Waals surface area contributed by atoms with Gasteiger partial charge in [-0.15, -0.1) is 0 Å². The molecule has 0 aliphatic rings. The molecule has 1 N–H and O–H groups in total. The van der Waals surface area contributed by atoms with Crippen LogP contribution < -0.4 is 18.9 Å².